The minimum absolute atomic E-state index is 0.0271. The molecule has 2 aromatic carbocycles. The van der Waals surface area contributed by atoms with Crippen molar-refractivity contribution in [2.75, 3.05) is 45.3 Å². The molecule has 0 spiro atoms. The third kappa shape index (κ3) is 4.47. The molecule has 5 rings (SSSR count). The molecule has 1 amide bonds. The first-order valence-corrected chi connectivity index (χ1v) is 12.4. The van der Waals surface area contributed by atoms with Crippen molar-refractivity contribution >= 4 is 11.6 Å². The lowest BCUT2D eigenvalue weighted by atomic mass is 9.89. The van der Waals surface area contributed by atoms with Crippen LogP contribution in [0.5, 0.6) is 11.5 Å². The number of rotatable bonds is 5. The molecule has 2 aliphatic rings. The minimum atomic E-state index is 0.0271. The number of anilines is 1. The molecule has 1 atom stereocenters. The van der Waals surface area contributed by atoms with Gasteiger partial charge in [-0.15, -0.1) is 0 Å². The molecule has 0 radical (unpaired) electrons. The summed E-state index contributed by atoms with van der Waals surface area (Å²) in [6.07, 6.45) is 3.87. The van der Waals surface area contributed by atoms with Gasteiger partial charge in [0.1, 0.15) is 23.0 Å². The van der Waals surface area contributed by atoms with Gasteiger partial charge >= 0.3 is 0 Å². The van der Waals surface area contributed by atoms with Gasteiger partial charge in [0.25, 0.3) is 5.91 Å². The van der Waals surface area contributed by atoms with Crippen molar-refractivity contribution in [2.24, 2.45) is 0 Å². The SMILES string of the molecule is COc1ccccc1N1CCN(C(=O)c2cn3c(n2)CCC(c2cc(C)c(OC)c(C)c2)C3)CC1. The van der Waals surface area contributed by atoms with E-state index in [4.69, 9.17) is 14.5 Å². The molecule has 1 aromatic heterocycles. The zero-order valence-corrected chi connectivity index (χ0v) is 21.1. The second-order valence-electron chi connectivity index (χ2n) is 9.57. The average Bonchev–Trinajstić information content (AvgIpc) is 3.31. The van der Waals surface area contributed by atoms with Gasteiger partial charge in [0.15, 0.2) is 0 Å². The Bertz CT molecular complexity index is 1200. The van der Waals surface area contributed by atoms with Gasteiger partial charge in [0.2, 0.25) is 0 Å². The van der Waals surface area contributed by atoms with Gasteiger partial charge in [-0.2, -0.15) is 0 Å². The van der Waals surface area contributed by atoms with Crippen LogP contribution < -0.4 is 14.4 Å². The van der Waals surface area contributed by atoms with Crippen LogP contribution in [0.15, 0.2) is 42.6 Å². The highest BCUT2D eigenvalue weighted by molar-refractivity contribution is 5.92. The molecule has 7 heteroatoms. The smallest absolute Gasteiger partial charge is 0.274 e. The molecule has 1 unspecified atom stereocenters. The van der Waals surface area contributed by atoms with Crippen molar-refractivity contribution in [1.82, 2.24) is 14.5 Å². The van der Waals surface area contributed by atoms with E-state index in [1.165, 1.54) is 16.7 Å². The predicted molar refractivity (Wildman–Crippen MR) is 137 cm³/mol. The maximum atomic E-state index is 13.3. The van der Waals surface area contributed by atoms with Crippen molar-refractivity contribution in [3.63, 3.8) is 0 Å². The van der Waals surface area contributed by atoms with Crippen molar-refractivity contribution in [3.8, 4) is 11.5 Å². The number of aromatic nitrogens is 2. The second-order valence-corrected chi connectivity index (χ2v) is 9.57. The number of carbonyl (C=O) groups is 1. The van der Waals surface area contributed by atoms with Crippen LogP contribution >= 0.6 is 0 Å². The summed E-state index contributed by atoms with van der Waals surface area (Å²) >= 11 is 0. The highest BCUT2D eigenvalue weighted by atomic mass is 16.5. The minimum Gasteiger partial charge on any atom is -0.496 e. The lowest BCUT2D eigenvalue weighted by Crippen LogP contribution is -2.49. The second kappa shape index (κ2) is 9.64. The standard InChI is InChI=1S/C28H34N4O3/c1-19-15-22(16-20(2)27(19)35-4)21-9-10-26-29-23(18-32(26)17-21)28(33)31-13-11-30(12-14-31)24-7-5-6-8-25(24)34-3/h5-8,15-16,18,21H,9-14,17H2,1-4H3. The highest BCUT2D eigenvalue weighted by Gasteiger charge is 2.28. The largest absolute Gasteiger partial charge is 0.496 e. The number of imidazole rings is 1. The molecule has 1 saturated heterocycles. The molecular weight excluding hydrogens is 440 g/mol. The maximum absolute atomic E-state index is 13.3. The Hall–Kier alpha value is -3.48. The number of aryl methyl sites for hydroxylation is 3. The topological polar surface area (TPSA) is 59.8 Å². The van der Waals surface area contributed by atoms with Crippen LogP contribution in [0.1, 0.15) is 45.3 Å². The molecule has 184 valence electrons. The van der Waals surface area contributed by atoms with Crippen LogP contribution in [0, 0.1) is 13.8 Å². The molecule has 0 saturated carbocycles. The molecular formula is C28H34N4O3. The first-order valence-electron chi connectivity index (χ1n) is 12.4. The van der Waals surface area contributed by atoms with Gasteiger partial charge in [0.05, 0.1) is 19.9 Å². The van der Waals surface area contributed by atoms with Crippen molar-refractivity contribution < 1.29 is 14.3 Å². The van der Waals surface area contributed by atoms with Crippen molar-refractivity contribution in [2.45, 2.75) is 39.2 Å². The monoisotopic (exact) mass is 474 g/mol. The van der Waals surface area contributed by atoms with E-state index in [-0.39, 0.29) is 5.91 Å². The summed E-state index contributed by atoms with van der Waals surface area (Å²) in [7, 11) is 3.42. The van der Waals surface area contributed by atoms with E-state index in [0.717, 1.165) is 55.5 Å². The van der Waals surface area contributed by atoms with Gasteiger partial charge < -0.3 is 23.8 Å². The van der Waals surface area contributed by atoms with E-state index in [2.05, 4.69) is 41.5 Å². The van der Waals surface area contributed by atoms with E-state index in [1.54, 1.807) is 14.2 Å². The van der Waals surface area contributed by atoms with Gasteiger partial charge in [-0.1, -0.05) is 24.3 Å². The zero-order valence-electron chi connectivity index (χ0n) is 21.1. The number of fused-ring (bicyclic) bond motifs is 1. The van der Waals surface area contributed by atoms with Gasteiger partial charge in [0, 0.05) is 51.3 Å². The molecule has 3 heterocycles. The Morgan fingerprint density at radius 1 is 1.00 bits per heavy atom. The molecule has 7 nitrogen and oxygen atoms in total. The summed E-state index contributed by atoms with van der Waals surface area (Å²) in [5.74, 6) is 3.28. The first kappa shape index (κ1) is 23.3. The van der Waals surface area contributed by atoms with Crippen LogP contribution in [0.2, 0.25) is 0 Å². The summed E-state index contributed by atoms with van der Waals surface area (Å²) in [5, 5.41) is 0. The fraction of sp³-hybridized carbons (Fsp3) is 0.429. The fourth-order valence-corrected chi connectivity index (χ4v) is 5.56. The summed E-state index contributed by atoms with van der Waals surface area (Å²) in [6.45, 7) is 7.95. The van der Waals surface area contributed by atoms with Crippen molar-refractivity contribution in [1.29, 1.82) is 0 Å². The van der Waals surface area contributed by atoms with Crippen LogP contribution in [0.3, 0.4) is 0 Å². The number of methoxy groups -OCH3 is 2. The molecule has 2 aliphatic heterocycles. The van der Waals surface area contributed by atoms with Crippen LogP contribution in [0.25, 0.3) is 0 Å². The number of para-hydroxylation sites is 2. The zero-order chi connectivity index (χ0) is 24.5. The Labute approximate surface area is 207 Å². The summed E-state index contributed by atoms with van der Waals surface area (Å²) in [5.41, 5.74) is 5.31. The fourth-order valence-electron chi connectivity index (χ4n) is 5.56. The van der Waals surface area contributed by atoms with E-state index >= 15 is 0 Å². The molecule has 0 bridgehead atoms. The summed E-state index contributed by atoms with van der Waals surface area (Å²) in [6, 6.07) is 12.5. The quantitative estimate of drug-likeness (QED) is 0.555. The number of ether oxygens (including phenoxy) is 2. The van der Waals surface area contributed by atoms with Gasteiger partial charge in [-0.25, -0.2) is 4.98 Å². The lowest BCUT2D eigenvalue weighted by molar-refractivity contribution is 0.0741. The molecule has 0 aliphatic carbocycles. The van der Waals surface area contributed by atoms with Crippen LogP contribution in [-0.4, -0.2) is 60.8 Å². The third-order valence-corrected chi connectivity index (χ3v) is 7.36. The number of piperazine rings is 1. The molecule has 3 aromatic rings. The number of hydrogen-bond donors (Lipinski definition) is 0. The molecule has 1 fully saturated rings. The third-order valence-electron chi connectivity index (χ3n) is 7.36. The van der Waals surface area contributed by atoms with Crippen molar-refractivity contribution in [3.05, 3.63) is 70.8 Å². The maximum Gasteiger partial charge on any atom is 0.274 e. The average molecular weight is 475 g/mol. The molecule has 0 N–H and O–H groups in total. The predicted octanol–water partition coefficient (Wildman–Crippen LogP) is 4.21. The van der Waals surface area contributed by atoms with E-state index in [0.29, 0.717) is 24.7 Å². The number of amides is 1. The van der Waals surface area contributed by atoms with Gasteiger partial charge in [-0.05, 0) is 49.1 Å². The van der Waals surface area contributed by atoms with Gasteiger partial charge in [-0.3, -0.25) is 4.79 Å². The number of nitrogens with zero attached hydrogens (tertiary/aromatic N) is 4. The Kier molecular flexibility index (Phi) is 6.41. The summed E-state index contributed by atoms with van der Waals surface area (Å²) in [4.78, 5) is 22.2. The molecule has 35 heavy (non-hydrogen) atoms. The van der Waals surface area contributed by atoms with Crippen LogP contribution in [0.4, 0.5) is 5.69 Å². The first-order chi connectivity index (χ1) is 17.0. The Balaban J connectivity index is 1.26. The summed E-state index contributed by atoms with van der Waals surface area (Å²) < 4.78 is 13.2. The normalized spacial score (nSPS) is 17.8. The van der Waals surface area contributed by atoms with E-state index in [1.807, 2.05) is 29.3 Å². The number of benzene rings is 2. The number of hydrogen-bond acceptors (Lipinski definition) is 5. The number of carbonyl (C=O) groups excluding carboxylic acids is 1. The van der Waals surface area contributed by atoms with Crippen LogP contribution in [-0.2, 0) is 13.0 Å². The Morgan fingerprint density at radius 3 is 2.40 bits per heavy atom. The van der Waals surface area contributed by atoms with E-state index < -0.39 is 0 Å². The van der Waals surface area contributed by atoms with E-state index in [9.17, 15) is 4.79 Å². The Morgan fingerprint density at radius 2 is 1.71 bits per heavy atom. The lowest BCUT2D eigenvalue weighted by Gasteiger charge is -2.36. The highest BCUT2D eigenvalue weighted by Crippen LogP contribution is 2.34.